The fraction of sp³-hybridized carbons (Fsp3) is 0.625. The zero-order valence-corrected chi connectivity index (χ0v) is 10.1. The molecule has 0 radical (unpaired) electrons. The van der Waals surface area contributed by atoms with Gasteiger partial charge in [-0.15, -0.1) is 0 Å². The van der Waals surface area contributed by atoms with Gasteiger partial charge < -0.3 is 0 Å². The molecule has 2 rings (SSSR count). The predicted molar refractivity (Wildman–Crippen MR) is 59.5 cm³/mol. The van der Waals surface area contributed by atoms with E-state index in [4.69, 9.17) is 0 Å². The van der Waals surface area contributed by atoms with Crippen LogP contribution < -0.4 is 0 Å². The Morgan fingerprint density at radius 3 is 2.69 bits per heavy atom. The quantitative estimate of drug-likeness (QED) is 0.722. The van der Waals surface area contributed by atoms with Crippen LogP contribution >= 0.6 is 25.3 Å². The molecule has 3 nitrogen and oxygen atoms in total. The second-order valence-electron chi connectivity index (χ2n) is 3.41. The third-order valence-corrected chi connectivity index (χ3v) is 3.37. The van der Waals surface area contributed by atoms with E-state index in [9.17, 15) is 0 Å². The summed E-state index contributed by atoms with van der Waals surface area (Å²) in [7, 11) is 2.76. The molecule has 0 bridgehead atoms. The molecule has 1 atom stereocenters. The molecule has 1 aromatic heterocycles. The summed E-state index contributed by atoms with van der Waals surface area (Å²) in [5, 5.41) is 4.31. The van der Waals surface area contributed by atoms with Crippen molar-refractivity contribution >= 4 is 25.3 Å². The van der Waals surface area contributed by atoms with E-state index in [1.165, 1.54) is 12.8 Å². The van der Waals surface area contributed by atoms with Gasteiger partial charge in [0.1, 0.15) is 0 Å². The zero-order valence-electron chi connectivity index (χ0n) is 7.36. The number of aromatic nitrogens is 2. The summed E-state index contributed by atoms with van der Waals surface area (Å²) >= 11 is 3.41. The van der Waals surface area contributed by atoms with Crippen LogP contribution in [-0.4, -0.2) is 27.5 Å². The smallest absolute Gasteiger partial charge is 0.0632 e. The van der Waals surface area contributed by atoms with E-state index in [2.05, 4.69) is 46.0 Å². The molecule has 1 unspecified atom stereocenters. The SMILES string of the molecule is PN1CCC(n2cc(Br)cn2)CC1. The van der Waals surface area contributed by atoms with Gasteiger partial charge in [-0.05, 0) is 28.8 Å². The molecular formula is C8H13BrN3P. The first kappa shape index (κ1) is 9.63. The Labute approximate surface area is 88.9 Å². The van der Waals surface area contributed by atoms with Gasteiger partial charge in [0.2, 0.25) is 0 Å². The molecule has 2 heterocycles. The van der Waals surface area contributed by atoms with Gasteiger partial charge in [0, 0.05) is 19.3 Å². The molecule has 0 N–H and O–H groups in total. The van der Waals surface area contributed by atoms with Crippen LogP contribution in [-0.2, 0) is 0 Å². The molecule has 1 saturated heterocycles. The molecule has 0 spiro atoms. The van der Waals surface area contributed by atoms with Crippen LogP contribution in [0.1, 0.15) is 18.9 Å². The van der Waals surface area contributed by atoms with E-state index in [0.29, 0.717) is 6.04 Å². The van der Waals surface area contributed by atoms with Crippen molar-refractivity contribution in [1.82, 2.24) is 14.5 Å². The van der Waals surface area contributed by atoms with Crippen LogP contribution in [0.2, 0.25) is 0 Å². The number of halogens is 1. The van der Waals surface area contributed by atoms with Crippen LogP contribution in [0.15, 0.2) is 16.9 Å². The number of rotatable bonds is 1. The first-order valence-corrected chi connectivity index (χ1v) is 5.76. The molecule has 5 heteroatoms. The third-order valence-electron chi connectivity index (χ3n) is 2.44. The fourth-order valence-electron chi connectivity index (χ4n) is 1.66. The minimum Gasteiger partial charge on any atom is -0.287 e. The standard InChI is InChI=1S/C8H13BrN3P/c9-7-5-10-12(6-7)8-1-3-11(13)4-2-8/h5-6,8H,1-4,13H2. The molecular weight excluding hydrogens is 249 g/mol. The summed E-state index contributed by atoms with van der Waals surface area (Å²) in [6.07, 6.45) is 6.30. The fourth-order valence-corrected chi connectivity index (χ4v) is 2.26. The predicted octanol–water partition coefficient (Wildman–Crippen LogP) is 2.07. The second-order valence-corrected chi connectivity index (χ2v) is 5.05. The van der Waals surface area contributed by atoms with Gasteiger partial charge in [0.25, 0.3) is 0 Å². The molecule has 1 aromatic rings. The van der Waals surface area contributed by atoms with E-state index in [1.807, 2.05) is 6.20 Å². The summed E-state index contributed by atoms with van der Waals surface area (Å²) in [6, 6.07) is 0.586. The highest BCUT2D eigenvalue weighted by atomic mass is 79.9. The molecule has 0 aliphatic carbocycles. The van der Waals surface area contributed by atoms with Crippen molar-refractivity contribution in [2.45, 2.75) is 18.9 Å². The van der Waals surface area contributed by atoms with E-state index in [-0.39, 0.29) is 0 Å². The Kier molecular flexibility index (Phi) is 3.02. The average molecular weight is 262 g/mol. The van der Waals surface area contributed by atoms with Crippen molar-refractivity contribution in [3.63, 3.8) is 0 Å². The summed E-state index contributed by atoms with van der Waals surface area (Å²) in [6.45, 7) is 2.29. The molecule has 1 aliphatic heterocycles. The Morgan fingerprint density at radius 2 is 2.15 bits per heavy atom. The van der Waals surface area contributed by atoms with Crippen molar-refractivity contribution in [2.24, 2.45) is 0 Å². The van der Waals surface area contributed by atoms with Crippen LogP contribution in [0.3, 0.4) is 0 Å². The van der Waals surface area contributed by atoms with Gasteiger partial charge in [0.15, 0.2) is 0 Å². The molecule has 0 saturated carbocycles. The van der Waals surface area contributed by atoms with E-state index in [0.717, 1.165) is 17.6 Å². The summed E-state index contributed by atoms with van der Waals surface area (Å²) < 4.78 is 5.43. The third kappa shape index (κ3) is 2.30. The first-order chi connectivity index (χ1) is 6.25. The highest BCUT2D eigenvalue weighted by Crippen LogP contribution is 2.24. The maximum absolute atomic E-state index is 4.31. The van der Waals surface area contributed by atoms with Crippen molar-refractivity contribution in [2.75, 3.05) is 13.1 Å². The maximum atomic E-state index is 4.31. The minimum atomic E-state index is 0.586. The number of hydrogen-bond donors (Lipinski definition) is 0. The molecule has 13 heavy (non-hydrogen) atoms. The minimum absolute atomic E-state index is 0.586. The van der Waals surface area contributed by atoms with Crippen molar-refractivity contribution in [1.29, 1.82) is 0 Å². The van der Waals surface area contributed by atoms with Gasteiger partial charge in [-0.3, -0.25) is 9.35 Å². The number of piperidine rings is 1. The molecule has 0 aromatic carbocycles. The van der Waals surface area contributed by atoms with E-state index in [1.54, 1.807) is 0 Å². The lowest BCUT2D eigenvalue weighted by atomic mass is 10.1. The lowest BCUT2D eigenvalue weighted by Gasteiger charge is -2.28. The Bertz CT molecular complexity index is 281. The van der Waals surface area contributed by atoms with Crippen LogP contribution in [0, 0.1) is 0 Å². The van der Waals surface area contributed by atoms with Crippen molar-refractivity contribution in [3.05, 3.63) is 16.9 Å². The number of hydrogen-bond acceptors (Lipinski definition) is 2. The highest BCUT2D eigenvalue weighted by molar-refractivity contribution is 9.10. The van der Waals surface area contributed by atoms with Crippen LogP contribution in [0.25, 0.3) is 0 Å². The average Bonchev–Trinajstić information content (AvgIpc) is 2.53. The van der Waals surface area contributed by atoms with Gasteiger partial charge in [-0.25, -0.2) is 0 Å². The van der Waals surface area contributed by atoms with Gasteiger partial charge in [-0.2, -0.15) is 5.10 Å². The Hall–Kier alpha value is 0.0800. The Morgan fingerprint density at radius 1 is 1.46 bits per heavy atom. The lowest BCUT2D eigenvalue weighted by molar-refractivity contribution is 0.275. The van der Waals surface area contributed by atoms with Gasteiger partial charge in [0.05, 0.1) is 16.7 Å². The largest absolute Gasteiger partial charge is 0.287 e. The van der Waals surface area contributed by atoms with Crippen LogP contribution in [0.4, 0.5) is 0 Å². The summed E-state index contributed by atoms with van der Waals surface area (Å²) in [5.74, 6) is 0. The monoisotopic (exact) mass is 261 g/mol. The summed E-state index contributed by atoms with van der Waals surface area (Å²) in [4.78, 5) is 0. The van der Waals surface area contributed by atoms with Crippen molar-refractivity contribution in [3.8, 4) is 0 Å². The first-order valence-electron chi connectivity index (χ1n) is 4.45. The lowest BCUT2D eigenvalue weighted by Crippen LogP contribution is -2.27. The molecule has 72 valence electrons. The van der Waals surface area contributed by atoms with Gasteiger partial charge >= 0.3 is 0 Å². The highest BCUT2D eigenvalue weighted by Gasteiger charge is 2.18. The second kappa shape index (κ2) is 4.07. The molecule has 1 fully saturated rings. The zero-order chi connectivity index (χ0) is 9.26. The molecule has 1 aliphatic rings. The van der Waals surface area contributed by atoms with E-state index < -0.39 is 0 Å². The van der Waals surface area contributed by atoms with E-state index >= 15 is 0 Å². The Balaban J connectivity index is 2.02. The van der Waals surface area contributed by atoms with Gasteiger partial charge in [-0.1, -0.05) is 9.39 Å². The van der Waals surface area contributed by atoms with Crippen molar-refractivity contribution < 1.29 is 0 Å². The normalized spacial score (nSPS) is 20.8. The molecule has 0 amide bonds. The van der Waals surface area contributed by atoms with Crippen LogP contribution in [0.5, 0.6) is 0 Å². The summed E-state index contributed by atoms with van der Waals surface area (Å²) in [5.41, 5.74) is 0. The topological polar surface area (TPSA) is 21.1 Å². The number of nitrogens with zero attached hydrogens (tertiary/aromatic N) is 3. The maximum Gasteiger partial charge on any atom is 0.0632 e.